The molecule has 0 aromatic carbocycles. The van der Waals surface area contributed by atoms with E-state index in [0.29, 0.717) is 6.54 Å². The second-order valence-electron chi connectivity index (χ2n) is 3.72. The summed E-state index contributed by atoms with van der Waals surface area (Å²) in [5, 5.41) is 12.2. The van der Waals surface area contributed by atoms with Crippen LogP contribution < -0.4 is 5.32 Å². The van der Waals surface area contributed by atoms with E-state index in [1.165, 1.54) is 6.42 Å². The van der Waals surface area contributed by atoms with Gasteiger partial charge in [0.25, 0.3) is 0 Å². The molecule has 0 heterocycles. The van der Waals surface area contributed by atoms with E-state index in [-0.39, 0.29) is 11.7 Å². The van der Waals surface area contributed by atoms with Crippen LogP contribution >= 0.6 is 0 Å². The first kappa shape index (κ1) is 9.96. The fraction of sp³-hybridized carbons (Fsp3) is 1.00. The summed E-state index contributed by atoms with van der Waals surface area (Å²) >= 11 is 0. The number of hydrogen-bond donors (Lipinski definition) is 2. The Bertz CT molecular complexity index is 127. The van der Waals surface area contributed by atoms with Crippen LogP contribution in [-0.2, 0) is 4.74 Å². The second kappa shape index (κ2) is 4.21. The highest BCUT2D eigenvalue weighted by molar-refractivity contribution is 4.91. The summed E-state index contributed by atoms with van der Waals surface area (Å²) < 4.78 is 5.41. The van der Waals surface area contributed by atoms with Gasteiger partial charge in [-0.1, -0.05) is 0 Å². The van der Waals surface area contributed by atoms with Crippen LogP contribution in [0.2, 0.25) is 0 Å². The van der Waals surface area contributed by atoms with Crippen LogP contribution in [0.3, 0.4) is 0 Å². The van der Waals surface area contributed by atoms with Crippen LogP contribution in [0.1, 0.15) is 26.2 Å². The molecule has 72 valence electrons. The molecule has 1 saturated carbocycles. The zero-order valence-corrected chi connectivity index (χ0v) is 7.97. The van der Waals surface area contributed by atoms with Crippen LogP contribution in [-0.4, -0.2) is 37.0 Å². The maximum Gasteiger partial charge on any atom is 0.0802 e. The predicted molar refractivity (Wildman–Crippen MR) is 48.1 cm³/mol. The van der Waals surface area contributed by atoms with Gasteiger partial charge in [0.1, 0.15) is 0 Å². The summed E-state index contributed by atoms with van der Waals surface area (Å²) in [6.45, 7) is 3.31. The van der Waals surface area contributed by atoms with E-state index in [4.69, 9.17) is 9.84 Å². The van der Waals surface area contributed by atoms with E-state index in [1.54, 1.807) is 14.0 Å². The average molecular weight is 173 g/mol. The molecule has 12 heavy (non-hydrogen) atoms. The van der Waals surface area contributed by atoms with Gasteiger partial charge in [0.05, 0.1) is 11.7 Å². The van der Waals surface area contributed by atoms with E-state index < -0.39 is 0 Å². The summed E-state index contributed by atoms with van der Waals surface area (Å²) in [6.07, 6.45) is 3.30. The Morgan fingerprint density at radius 2 is 2.25 bits per heavy atom. The number of aliphatic hydroxyl groups is 1. The fourth-order valence-electron chi connectivity index (χ4n) is 1.53. The second-order valence-corrected chi connectivity index (χ2v) is 3.72. The van der Waals surface area contributed by atoms with Crippen LogP contribution in [0.4, 0.5) is 0 Å². The van der Waals surface area contributed by atoms with Crippen molar-refractivity contribution in [2.75, 3.05) is 20.2 Å². The van der Waals surface area contributed by atoms with E-state index in [1.807, 2.05) is 0 Å². The predicted octanol–water partition coefficient (Wildman–Crippen LogP) is 0.526. The van der Waals surface area contributed by atoms with Crippen LogP contribution in [0, 0.1) is 0 Å². The van der Waals surface area contributed by atoms with Crippen molar-refractivity contribution in [2.24, 2.45) is 0 Å². The Morgan fingerprint density at radius 3 is 2.58 bits per heavy atom. The van der Waals surface area contributed by atoms with Crippen molar-refractivity contribution in [1.29, 1.82) is 0 Å². The number of methoxy groups -OCH3 is 1. The normalized spacial score (nSPS) is 23.2. The highest BCUT2D eigenvalue weighted by Gasteiger charge is 2.36. The van der Waals surface area contributed by atoms with Gasteiger partial charge in [0, 0.05) is 20.2 Å². The highest BCUT2D eigenvalue weighted by atomic mass is 16.5. The highest BCUT2D eigenvalue weighted by Crippen LogP contribution is 2.34. The first-order valence-corrected chi connectivity index (χ1v) is 4.62. The molecule has 1 rings (SSSR count). The van der Waals surface area contributed by atoms with Gasteiger partial charge in [-0.3, -0.25) is 0 Å². The molecular weight excluding hydrogens is 154 g/mol. The van der Waals surface area contributed by atoms with Crippen molar-refractivity contribution in [3.63, 3.8) is 0 Å². The molecule has 0 radical (unpaired) electrons. The third-order valence-electron chi connectivity index (χ3n) is 2.58. The molecular formula is C9H19NO2. The van der Waals surface area contributed by atoms with Crippen molar-refractivity contribution < 1.29 is 9.84 Å². The molecule has 2 N–H and O–H groups in total. The summed E-state index contributed by atoms with van der Waals surface area (Å²) in [7, 11) is 1.77. The Morgan fingerprint density at radius 1 is 1.58 bits per heavy atom. The molecule has 1 aliphatic rings. The summed E-state index contributed by atoms with van der Waals surface area (Å²) in [4.78, 5) is 0. The summed E-state index contributed by atoms with van der Waals surface area (Å²) in [5.41, 5.74) is 0.0783. The van der Waals surface area contributed by atoms with E-state index in [0.717, 1.165) is 19.4 Å². The Balaban J connectivity index is 2.12. The molecule has 3 nitrogen and oxygen atoms in total. The zero-order valence-electron chi connectivity index (χ0n) is 7.97. The maximum absolute atomic E-state index is 9.01. The van der Waals surface area contributed by atoms with E-state index >= 15 is 0 Å². The Labute approximate surface area is 74.1 Å². The number of aliphatic hydroxyl groups excluding tert-OH is 1. The first-order chi connectivity index (χ1) is 5.68. The largest absolute Gasteiger partial charge is 0.392 e. The topological polar surface area (TPSA) is 41.5 Å². The minimum Gasteiger partial charge on any atom is -0.392 e. The number of rotatable bonds is 5. The molecule has 0 aromatic heterocycles. The number of ether oxygens (including phenoxy) is 1. The molecule has 0 spiro atoms. The molecule has 0 aliphatic heterocycles. The minimum absolute atomic E-state index is 0.0783. The van der Waals surface area contributed by atoms with Crippen molar-refractivity contribution in [1.82, 2.24) is 5.32 Å². The molecule has 1 atom stereocenters. The average Bonchev–Trinajstić information content (AvgIpc) is 1.94. The van der Waals surface area contributed by atoms with E-state index in [9.17, 15) is 0 Å². The van der Waals surface area contributed by atoms with Crippen molar-refractivity contribution in [3.8, 4) is 0 Å². The fourth-order valence-corrected chi connectivity index (χ4v) is 1.53. The molecule has 1 unspecified atom stereocenters. The van der Waals surface area contributed by atoms with Gasteiger partial charge in [-0.2, -0.15) is 0 Å². The molecule has 0 bridgehead atoms. The summed E-state index contributed by atoms with van der Waals surface area (Å²) in [6, 6.07) is 0. The SMILES string of the molecule is COC1(CNCC(C)O)CCC1. The lowest BCUT2D eigenvalue weighted by Crippen LogP contribution is -2.49. The summed E-state index contributed by atoms with van der Waals surface area (Å²) in [5.74, 6) is 0. The van der Waals surface area contributed by atoms with Crippen molar-refractivity contribution >= 4 is 0 Å². The van der Waals surface area contributed by atoms with Crippen LogP contribution in [0.25, 0.3) is 0 Å². The standard InChI is InChI=1S/C9H19NO2/c1-8(11)6-10-7-9(12-2)4-3-5-9/h8,10-11H,3-7H2,1-2H3. The van der Waals surface area contributed by atoms with Crippen molar-refractivity contribution in [2.45, 2.75) is 37.9 Å². The smallest absolute Gasteiger partial charge is 0.0802 e. The first-order valence-electron chi connectivity index (χ1n) is 4.62. The van der Waals surface area contributed by atoms with Gasteiger partial charge in [-0.15, -0.1) is 0 Å². The Hall–Kier alpha value is -0.120. The molecule has 0 saturated heterocycles. The lowest BCUT2D eigenvalue weighted by atomic mass is 9.80. The lowest BCUT2D eigenvalue weighted by molar-refractivity contribution is -0.0701. The third-order valence-corrected chi connectivity index (χ3v) is 2.58. The number of nitrogens with one attached hydrogen (secondary N) is 1. The molecule has 1 fully saturated rings. The van der Waals surface area contributed by atoms with Gasteiger partial charge in [0.2, 0.25) is 0 Å². The van der Waals surface area contributed by atoms with Crippen molar-refractivity contribution in [3.05, 3.63) is 0 Å². The van der Waals surface area contributed by atoms with Gasteiger partial charge >= 0.3 is 0 Å². The quantitative estimate of drug-likeness (QED) is 0.637. The van der Waals surface area contributed by atoms with E-state index in [2.05, 4.69) is 5.32 Å². The third kappa shape index (κ3) is 2.44. The number of hydrogen-bond acceptors (Lipinski definition) is 3. The molecule has 0 aromatic rings. The zero-order chi connectivity index (χ0) is 9.03. The molecule has 3 heteroatoms. The van der Waals surface area contributed by atoms with Gasteiger partial charge < -0.3 is 15.2 Å². The monoisotopic (exact) mass is 173 g/mol. The lowest BCUT2D eigenvalue weighted by Gasteiger charge is -2.40. The van der Waals surface area contributed by atoms with Crippen LogP contribution in [0.5, 0.6) is 0 Å². The van der Waals surface area contributed by atoms with Gasteiger partial charge in [-0.25, -0.2) is 0 Å². The van der Waals surface area contributed by atoms with Gasteiger partial charge in [-0.05, 0) is 26.2 Å². The Kier molecular flexibility index (Phi) is 3.50. The minimum atomic E-state index is -0.265. The molecule has 1 aliphatic carbocycles. The molecule has 0 amide bonds. The maximum atomic E-state index is 9.01. The van der Waals surface area contributed by atoms with Gasteiger partial charge in [0.15, 0.2) is 0 Å². The van der Waals surface area contributed by atoms with Crippen LogP contribution in [0.15, 0.2) is 0 Å².